The van der Waals surface area contributed by atoms with Crippen LogP contribution in [-0.2, 0) is 6.54 Å². The van der Waals surface area contributed by atoms with Crippen LogP contribution < -0.4 is 5.32 Å². The van der Waals surface area contributed by atoms with Gasteiger partial charge >= 0.3 is 12.0 Å². The van der Waals surface area contributed by atoms with E-state index in [4.69, 9.17) is 5.11 Å². The second kappa shape index (κ2) is 6.16. The Balaban J connectivity index is 1.83. The Morgan fingerprint density at radius 2 is 1.90 bits per heavy atom. The first kappa shape index (κ1) is 15.4. The van der Waals surface area contributed by atoms with Gasteiger partial charge in [-0.25, -0.2) is 9.59 Å². The smallest absolute Gasteiger partial charge is 0.335 e. The highest BCUT2D eigenvalue weighted by Crippen LogP contribution is 2.39. The molecule has 2 N–H and O–H groups in total. The maximum absolute atomic E-state index is 12.0. The molecular weight excluding hydrogens is 268 g/mol. The van der Waals surface area contributed by atoms with Crippen LogP contribution in [0, 0.1) is 5.41 Å². The second-order valence-electron chi connectivity index (χ2n) is 6.18. The van der Waals surface area contributed by atoms with E-state index in [1.807, 2.05) is 0 Å². The summed E-state index contributed by atoms with van der Waals surface area (Å²) >= 11 is 0. The molecule has 1 aliphatic carbocycles. The van der Waals surface area contributed by atoms with E-state index in [-0.39, 0.29) is 17.0 Å². The number of carbonyl (C=O) groups excluding carboxylic acids is 1. The number of carbonyl (C=O) groups is 2. The zero-order valence-corrected chi connectivity index (χ0v) is 12.6. The Morgan fingerprint density at radius 1 is 1.29 bits per heavy atom. The number of benzene rings is 1. The van der Waals surface area contributed by atoms with Gasteiger partial charge in [0.1, 0.15) is 0 Å². The largest absolute Gasteiger partial charge is 0.478 e. The van der Waals surface area contributed by atoms with E-state index in [0.29, 0.717) is 13.1 Å². The summed E-state index contributed by atoms with van der Waals surface area (Å²) in [5.41, 5.74) is 1.43. The third-order valence-corrected chi connectivity index (χ3v) is 4.19. The number of carboxylic acid groups (broad SMARTS) is 1. The van der Waals surface area contributed by atoms with Crippen LogP contribution in [0.3, 0.4) is 0 Å². The molecule has 0 aromatic heterocycles. The number of urea groups is 1. The monoisotopic (exact) mass is 290 g/mol. The number of aromatic carboxylic acids is 1. The van der Waals surface area contributed by atoms with E-state index >= 15 is 0 Å². The van der Waals surface area contributed by atoms with Crippen molar-refractivity contribution < 1.29 is 14.7 Å². The summed E-state index contributed by atoms with van der Waals surface area (Å²) < 4.78 is 0. The van der Waals surface area contributed by atoms with Gasteiger partial charge in [-0.3, -0.25) is 0 Å². The summed E-state index contributed by atoms with van der Waals surface area (Å²) in [5, 5.41) is 11.8. The van der Waals surface area contributed by atoms with Crippen molar-refractivity contribution in [2.24, 2.45) is 5.41 Å². The second-order valence-corrected chi connectivity index (χ2v) is 6.18. The van der Waals surface area contributed by atoms with Crippen LogP contribution in [0.4, 0.5) is 4.79 Å². The van der Waals surface area contributed by atoms with Gasteiger partial charge in [0.2, 0.25) is 0 Å². The number of hydrogen-bond acceptors (Lipinski definition) is 2. The van der Waals surface area contributed by atoms with Crippen molar-refractivity contribution in [2.75, 3.05) is 13.6 Å². The van der Waals surface area contributed by atoms with E-state index in [9.17, 15) is 9.59 Å². The van der Waals surface area contributed by atoms with Crippen molar-refractivity contribution in [3.63, 3.8) is 0 Å². The molecule has 1 saturated carbocycles. The summed E-state index contributed by atoms with van der Waals surface area (Å²) in [7, 11) is 1.74. The van der Waals surface area contributed by atoms with Gasteiger partial charge < -0.3 is 15.3 Å². The predicted molar refractivity (Wildman–Crippen MR) is 80.2 cm³/mol. The van der Waals surface area contributed by atoms with Crippen molar-refractivity contribution in [2.45, 2.75) is 32.7 Å². The Morgan fingerprint density at radius 3 is 2.38 bits per heavy atom. The first-order valence-electron chi connectivity index (χ1n) is 7.21. The molecule has 2 amide bonds. The SMILES string of the molecule is CN(Cc1ccc(C(=O)O)cc1)C(=O)NCC1(C)CCC1. The molecule has 1 aliphatic rings. The zero-order valence-electron chi connectivity index (χ0n) is 12.6. The number of nitrogens with one attached hydrogen (secondary N) is 1. The third-order valence-electron chi connectivity index (χ3n) is 4.19. The first-order chi connectivity index (χ1) is 9.89. The van der Waals surface area contributed by atoms with Crippen molar-refractivity contribution in [3.8, 4) is 0 Å². The Kier molecular flexibility index (Phi) is 4.50. The molecule has 0 spiro atoms. The average Bonchev–Trinajstić information content (AvgIpc) is 2.43. The molecule has 0 unspecified atom stereocenters. The lowest BCUT2D eigenvalue weighted by atomic mass is 9.70. The molecule has 21 heavy (non-hydrogen) atoms. The molecule has 5 heteroatoms. The minimum atomic E-state index is -0.943. The zero-order chi connectivity index (χ0) is 15.5. The summed E-state index contributed by atoms with van der Waals surface area (Å²) in [6.07, 6.45) is 3.60. The highest BCUT2D eigenvalue weighted by molar-refractivity contribution is 5.87. The van der Waals surface area contributed by atoms with E-state index in [2.05, 4.69) is 12.2 Å². The Hall–Kier alpha value is -2.04. The van der Waals surface area contributed by atoms with Crippen LogP contribution in [0.1, 0.15) is 42.1 Å². The van der Waals surface area contributed by atoms with Crippen molar-refractivity contribution in [1.29, 1.82) is 0 Å². The maximum Gasteiger partial charge on any atom is 0.335 e. The molecule has 0 bridgehead atoms. The Bertz CT molecular complexity index is 521. The predicted octanol–water partition coefficient (Wildman–Crippen LogP) is 2.72. The molecular formula is C16H22N2O3. The topological polar surface area (TPSA) is 69.6 Å². The maximum atomic E-state index is 12.0. The van der Waals surface area contributed by atoms with Crippen LogP contribution in [0.5, 0.6) is 0 Å². The van der Waals surface area contributed by atoms with Crippen molar-refractivity contribution >= 4 is 12.0 Å². The lowest BCUT2D eigenvalue weighted by Gasteiger charge is -2.38. The van der Waals surface area contributed by atoms with Crippen molar-refractivity contribution in [3.05, 3.63) is 35.4 Å². The molecule has 1 aromatic carbocycles. The lowest BCUT2D eigenvalue weighted by Crippen LogP contribution is -2.44. The van der Waals surface area contributed by atoms with Gasteiger partial charge in [-0.1, -0.05) is 25.5 Å². The average molecular weight is 290 g/mol. The van der Waals surface area contributed by atoms with E-state index in [1.54, 1.807) is 36.2 Å². The molecule has 1 aromatic rings. The lowest BCUT2D eigenvalue weighted by molar-refractivity contribution is 0.0697. The van der Waals surface area contributed by atoms with Crippen LogP contribution in [0.25, 0.3) is 0 Å². The fourth-order valence-electron chi connectivity index (χ4n) is 2.48. The Labute approximate surface area is 125 Å². The number of amides is 2. The van der Waals surface area contributed by atoms with Crippen molar-refractivity contribution in [1.82, 2.24) is 10.2 Å². The van der Waals surface area contributed by atoms with Gasteiger partial charge in [0.25, 0.3) is 0 Å². The summed E-state index contributed by atoms with van der Waals surface area (Å²) in [5.74, 6) is -0.943. The third kappa shape index (κ3) is 3.97. The molecule has 0 atom stereocenters. The van der Waals surface area contributed by atoms with Gasteiger partial charge in [0.05, 0.1) is 5.56 Å². The fraction of sp³-hybridized carbons (Fsp3) is 0.500. The van der Waals surface area contributed by atoms with Gasteiger partial charge in [-0.05, 0) is 36.0 Å². The molecule has 1 fully saturated rings. The molecule has 0 saturated heterocycles. The minimum absolute atomic E-state index is 0.0922. The van der Waals surface area contributed by atoms with Crippen LogP contribution >= 0.6 is 0 Å². The minimum Gasteiger partial charge on any atom is -0.478 e. The molecule has 114 valence electrons. The summed E-state index contributed by atoms with van der Waals surface area (Å²) in [4.78, 5) is 24.4. The number of nitrogens with zero attached hydrogens (tertiary/aromatic N) is 1. The van der Waals surface area contributed by atoms with Gasteiger partial charge in [0.15, 0.2) is 0 Å². The number of carboxylic acids is 1. The van der Waals surface area contributed by atoms with Gasteiger partial charge in [-0.2, -0.15) is 0 Å². The van der Waals surface area contributed by atoms with E-state index < -0.39 is 5.97 Å². The van der Waals surface area contributed by atoms with E-state index in [0.717, 1.165) is 5.56 Å². The highest BCUT2D eigenvalue weighted by atomic mass is 16.4. The van der Waals surface area contributed by atoms with Gasteiger partial charge in [-0.15, -0.1) is 0 Å². The molecule has 0 heterocycles. The van der Waals surface area contributed by atoms with Crippen LogP contribution in [-0.4, -0.2) is 35.6 Å². The molecule has 2 rings (SSSR count). The van der Waals surface area contributed by atoms with E-state index in [1.165, 1.54) is 19.3 Å². The normalized spacial score (nSPS) is 15.9. The van der Waals surface area contributed by atoms with Crippen LogP contribution in [0.15, 0.2) is 24.3 Å². The quantitative estimate of drug-likeness (QED) is 0.876. The highest BCUT2D eigenvalue weighted by Gasteiger charge is 2.32. The molecule has 0 aliphatic heterocycles. The summed E-state index contributed by atoms with van der Waals surface area (Å²) in [6.45, 7) is 3.37. The van der Waals surface area contributed by atoms with Gasteiger partial charge in [0, 0.05) is 20.1 Å². The number of rotatable bonds is 5. The summed E-state index contributed by atoms with van der Waals surface area (Å²) in [6, 6.07) is 6.49. The van der Waals surface area contributed by atoms with Crippen LogP contribution in [0.2, 0.25) is 0 Å². The standard InChI is InChI=1S/C16H22N2O3/c1-16(8-3-9-16)11-17-15(21)18(2)10-12-4-6-13(7-5-12)14(19)20/h4-7H,3,8-11H2,1-2H3,(H,17,21)(H,19,20). The molecule has 0 radical (unpaired) electrons. The first-order valence-corrected chi connectivity index (χ1v) is 7.21. The number of hydrogen-bond donors (Lipinski definition) is 2. The fourth-order valence-corrected chi connectivity index (χ4v) is 2.48. The molecule has 5 nitrogen and oxygen atoms in total.